The molecule has 2 aromatic rings. The fraction of sp³-hybridized carbons (Fsp3) is 0.412. The zero-order valence-electron chi connectivity index (χ0n) is 14.2. The van der Waals surface area contributed by atoms with Gasteiger partial charge in [-0.15, -0.1) is 11.3 Å². The third-order valence-corrected chi connectivity index (χ3v) is 5.10. The highest BCUT2D eigenvalue weighted by Gasteiger charge is 2.08. The molecule has 1 atom stereocenters. The van der Waals surface area contributed by atoms with Gasteiger partial charge in [0.1, 0.15) is 16.9 Å². The van der Waals surface area contributed by atoms with Crippen LogP contribution in [0.5, 0.6) is 5.75 Å². The average Bonchev–Trinajstić information content (AvgIpc) is 3.05. The Morgan fingerprint density at radius 2 is 2.17 bits per heavy atom. The summed E-state index contributed by atoms with van der Waals surface area (Å²) in [6, 6.07) is 7.84. The minimum Gasteiger partial charge on any atom is -0.488 e. The van der Waals surface area contributed by atoms with Crippen LogP contribution >= 0.6 is 27.3 Å². The van der Waals surface area contributed by atoms with Gasteiger partial charge in [0.2, 0.25) is 0 Å². The molecule has 0 aliphatic heterocycles. The van der Waals surface area contributed by atoms with Gasteiger partial charge in [-0.1, -0.05) is 19.1 Å². The minimum atomic E-state index is 0.00815. The van der Waals surface area contributed by atoms with Gasteiger partial charge in [-0.25, -0.2) is 4.98 Å². The molecule has 0 spiro atoms. The number of aliphatic imine (C=N–C) groups is 1. The van der Waals surface area contributed by atoms with Gasteiger partial charge in [0.05, 0.1) is 17.6 Å². The molecule has 0 aliphatic carbocycles. The van der Waals surface area contributed by atoms with Crippen molar-refractivity contribution in [3.63, 3.8) is 0 Å². The van der Waals surface area contributed by atoms with Gasteiger partial charge < -0.3 is 15.4 Å². The third kappa shape index (κ3) is 5.79. The first-order chi connectivity index (χ1) is 11.6. The number of para-hydroxylation sites is 1. The first-order valence-corrected chi connectivity index (χ1v) is 9.52. The molecular weight excluding hydrogens is 388 g/mol. The van der Waals surface area contributed by atoms with Crippen LogP contribution in [0, 0.1) is 0 Å². The predicted molar refractivity (Wildman–Crippen MR) is 104 cm³/mol. The SMILES string of the molecule is CCc1cnc(CNC(=NC)NCC(C)Oc2ccccc2Br)s1. The number of nitrogens with zero attached hydrogens (tertiary/aromatic N) is 2. The summed E-state index contributed by atoms with van der Waals surface area (Å²) in [5.74, 6) is 1.58. The maximum atomic E-state index is 5.92. The van der Waals surface area contributed by atoms with Crippen molar-refractivity contribution in [2.45, 2.75) is 32.9 Å². The summed E-state index contributed by atoms with van der Waals surface area (Å²) >= 11 is 5.22. The number of hydrogen-bond acceptors (Lipinski definition) is 4. The van der Waals surface area contributed by atoms with Gasteiger partial charge in [-0.2, -0.15) is 0 Å². The molecule has 0 amide bonds. The summed E-state index contributed by atoms with van der Waals surface area (Å²) in [4.78, 5) is 9.93. The van der Waals surface area contributed by atoms with Crippen molar-refractivity contribution in [2.75, 3.05) is 13.6 Å². The molecule has 0 saturated carbocycles. The molecular formula is C17H23BrN4OS. The molecule has 1 heterocycles. The summed E-state index contributed by atoms with van der Waals surface area (Å²) in [5.41, 5.74) is 0. The normalized spacial score (nSPS) is 12.8. The molecule has 2 N–H and O–H groups in total. The summed E-state index contributed by atoms with van der Waals surface area (Å²) in [6.07, 6.45) is 2.97. The van der Waals surface area contributed by atoms with Crippen LogP contribution < -0.4 is 15.4 Å². The molecule has 0 saturated heterocycles. The molecule has 5 nitrogen and oxygen atoms in total. The molecule has 0 fully saturated rings. The monoisotopic (exact) mass is 410 g/mol. The van der Waals surface area contributed by atoms with Crippen LogP contribution in [0.15, 0.2) is 39.9 Å². The second-order valence-corrected chi connectivity index (χ2v) is 7.29. The lowest BCUT2D eigenvalue weighted by Gasteiger charge is -2.18. The van der Waals surface area contributed by atoms with Crippen molar-refractivity contribution in [1.29, 1.82) is 0 Å². The van der Waals surface area contributed by atoms with Crippen molar-refractivity contribution < 1.29 is 4.74 Å². The highest BCUT2D eigenvalue weighted by molar-refractivity contribution is 9.10. The number of ether oxygens (including phenoxy) is 1. The number of halogens is 1. The first-order valence-electron chi connectivity index (χ1n) is 7.91. The van der Waals surface area contributed by atoms with E-state index in [1.165, 1.54) is 4.88 Å². The molecule has 24 heavy (non-hydrogen) atoms. The fourth-order valence-corrected chi connectivity index (χ4v) is 3.19. The number of thiazole rings is 1. The standard InChI is InChI=1S/C17H23BrN4OS/c1-4-13-10-20-16(24-13)11-22-17(19-3)21-9-12(2)23-15-8-6-5-7-14(15)18/h5-8,10,12H,4,9,11H2,1-3H3,(H2,19,21,22). The Labute approximate surface area is 155 Å². The van der Waals surface area contributed by atoms with Gasteiger partial charge >= 0.3 is 0 Å². The Bertz CT molecular complexity index is 674. The molecule has 0 radical (unpaired) electrons. The van der Waals surface area contributed by atoms with E-state index in [4.69, 9.17) is 4.74 Å². The summed E-state index contributed by atoms with van der Waals surface area (Å²) < 4.78 is 6.87. The number of aromatic nitrogens is 1. The highest BCUT2D eigenvalue weighted by atomic mass is 79.9. The minimum absolute atomic E-state index is 0.00815. The lowest BCUT2D eigenvalue weighted by Crippen LogP contribution is -2.41. The number of rotatable bonds is 7. The van der Waals surface area contributed by atoms with Crippen LogP contribution in [0.4, 0.5) is 0 Å². The van der Waals surface area contributed by atoms with Crippen molar-refractivity contribution in [2.24, 2.45) is 4.99 Å². The number of benzene rings is 1. The van der Waals surface area contributed by atoms with E-state index >= 15 is 0 Å². The average molecular weight is 411 g/mol. The second-order valence-electron chi connectivity index (χ2n) is 5.24. The number of nitrogens with one attached hydrogen (secondary N) is 2. The smallest absolute Gasteiger partial charge is 0.191 e. The molecule has 0 bridgehead atoms. The Balaban J connectivity index is 1.77. The van der Waals surface area contributed by atoms with Crippen LogP contribution in [0.3, 0.4) is 0 Å². The van der Waals surface area contributed by atoms with Crippen LogP contribution in [0.1, 0.15) is 23.7 Å². The van der Waals surface area contributed by atoms with Gasteiger partial charge in [-0.05, 0) is 41.4 Å². The van der Waals surface area contributed by atoms with Crippen LogP contribution in [0.25, 0.3) is 0 Å². The number of aryl methyl sites for hydroxylation is 1. The Hall–Kier alpha value is -1.60. The maximum Gasteiger partial charge on any atom is 0.191 e. The Morgan fingerprint density at radius 1 is 1.38 bits per heavy atom. The van der Waals surface area contributed by atoms with Crippen molar-refractivity contribution >= 4 is 33.2 Å². The van der Waals surface area contributed by atoms with Crippen molar-refractivity contribution in [1.82, 2.24) is 15.6 Å². The lowest BCUT2D eigenvalue weighted by atomic mass is 10.3. The Kier molecular flexibility index (Phi) is 7.52. The molecule has 0 aliphatic rings. The molecule has 1 unspecified atom stereocenters. The van der Waals surface area contributed by atoms with Gasteiger partial charge in [0, 0.05) is 18.1 Å². The second kappa shape index (κ2) is 9.64. The molecule has 1 aromatic heterocycles. The molecule has 130 valence electrons. The number of guanidine groups is 1. The lowest BCUT2D eigenvalue weighted by molar-refractivity contribution is 0.222. The first kappa shape index (κ1) is 18.7. The Morgan fingerprint density at radius 3 is 2.83 bits per heavy atom. The van der Waals surface area contributed by atoms with E-state index in [2.05, 4.69) is 43.5 Å². The van der Waals surface area contributed by atoms with Crippen LogP contribution in [-0.4, -0.2) is 30.6 Å². The topological polar surface area (TPSA) is 58.5 Å². The van der Waals surface area contributed by atoms with E-state index in [0.29, 0.717) is 13.1 Å². The summed E-state index contributed by atoms with van der Waals surface area (Å²) in [5, 5.41) is 7.61. The fourth-order valence-electron chi connectivity index (χ4n) is 2.01. The van der Waals surface area contributed by atoms with E-state index in [0.717, 1.165) is 27.6 Å². The third-order valence-electron chi connectivity index (χ3n) is 3.30. The summed E-state index contributed by atoms with van der Waals surface area (Å²) in [6.45, 7) is 5.48. The van der Waals surface area contributed by atoms with Gasteiger partial charge in [0.25, 0.3) is 0 Å². The van der Waals surface area contributed by atoms with E-state index in [-0.39, 0.29) is 6.10 Å². The quantitative estimate of drug-likeness (QED) is 0.540. The highest BCUT2D eigenvalue weighted by Crippen LogP contribution is 2.24. The van der Waals surface area contributed by atoms with Crippen LogP contribution in [-0.2, 0) is 13.0 Å². The maximum absolute atomic E-state index is 5.92. The molecule has 7 heteroatoms. The van der Waals surface area contributed by atoms with E-state index in [9.17, 15) is 0 Å². The zero-order valence-corrected chi connectivity index (χ0v) is 16.6. The van der Waals surface area contributed by atoms with E-state index in [1.807, 2.05) is 37.4 Å². The predicted octanol–water partition coefficient (Wildman–Crippen LogP) is 3.60. The van der Waals surface area contributed by atoms with Crippen LogP contribution in [0.2, 0.25) is 0 Å². The van der Waals surface area contributed by atoms with Gasteiger partial charge in [-0.3, -0.25) is 4.99 Å². The van der Waals surface area contributed by atoms with Gasteiger partial charge in [0.15, 0.2) is 5.96 Å². The van der Waals surface area contributed by atoms with E-state index in [1.54, 1.807) is 18.4 Å². The molecule has 2 rings (SSSR count). The zero-order chi connectivity index (χ0) is 17.4. The van der Waals surface area contributed by atoms with Crippen molar-refractivity contribution in [3.8, 4) is 5.75 Å². The van der Waals surface area contributed by atoms with Crippen molar-refractivity contribution in [3.05, 3.63) is 44.8 Å². The molecule has 1 aromatic carbocycles. The van der Waals surface area contributed by atoms with E-state index < -0.39 is 0 Å². The summed E-state index contributed by atoms with van der Waals surface area (Å²) in [7, 11) is 1.76. The number of hydrogen-bond donors (Lipinski definition) is 2. The largest absolute Gasteiger partial charge is 0.488 e.